The molecule has 1 heterocycles. The Morgan fingerprint density at radius 3 is 2.43 bits per heavy atom. The molecular weight excluding hydrogens is 342 g/mol. The van der Waals surface area contributed by atoms with Crippen molar-refractivity contribution < 1.29 is 0 Å². The number of benzene rings is 3. The number of piperazine rings is 1. The van der Waals surface area contributed by atoms with Gasteiger partial charge in [-0.1, -0.05) is 66.2 Å². The highest BCUT2D eigenvalue weighted by Crippen LogP contribution is 2.20. The Morgan fingerprint density at radius 1 is 0.893 bits per heavy atom. The van der Waals surface area contributed by atoms with Crippen molar-refractivity contribution in [3.63, 3.8) is 0 Å². The number of fused-ring (bicyclic) bond motifs is 1. The molecule has 3 nitrogen and oxygen atoms in total. The summed E-state index contributed by atoms with van der Waals surface area (Å²) in [6.45, 7) is 11.6. The SMILES string of the molecule is CC(=NN1CCN(Cc2ccc(C)cc2C)CC1)c1cccc2ccccc12. The fourth-order valence-electron chi connectivity index (χ4n) is 4.07. The quantitative estimate of drug-likeness (QED) is 0.601. The zero-order chi connectivity index (χ0) is 19.5. The van der Waals surface area contributed by atoms with Gasteiger partial charge >= 0.3 is 0 Å². The van der Waals surface area contributed by atoms with Crippen LogP contribution in [0.1, 0.15) is 29.2 Å². The molecule has 0 amide bonds. The molecule has 0 N–H and O–H groups in total. The van der Waals surface area contributed by atoms with Crippen LogP contribution in [0.3, 0.4) is 0 Å². The lowest BCUT2D eigenvalue weighted by Crippen LogP contribution is -2.44. The van der Waals surface area contributed by atoms with Gasteiger partial charge in [0.15, 0.2) is 0 Å². The van der Waals surface area contributed by atoms with E-state index in [0.717, 1.165) is 38.4 Å². The molecule has 1 aliphatic heterocycles. The molecular formula is C25H29N3. The average Bonchev–Trinajstić information content (AvgIpc) is 2.71. The molecule has 3 aromatic carbocycles. The topological polar surface area (TPSA) is 18.8 Å². The first-order valence-corrected chi connectivity index (χ1v) is 10.2. The summed E-state index contributed by atoms with van der Waals surface area (Å²) < 4.78 is 0. The van der Waals surface area contributed by atoms with Crippen LogP contribution >= 0.6 is 0 Å². The van der Waals surface area contributed by atoms with E-state index >= 15 is 0 Å². The third kappa shape index (κ3) is 4.10. The van der Waals surface area contributed by atoms with Crippen molar-refractivity contribution in [2.24, 2.45) is 5.10 Å². The molecule has 0 bridgehead atoms. The van der Waals surface area contributed by atoms with E-state index in [1.54, 1.807) is 0 Å². The lowest BCUT2D eigenvalue weighted by atomic mass is 10.0. The first-order chi connectivity index (χ1) is 13.6. The summed E-state index contributed by atoms with van der Waals surface area (Å²) in [7, 11) is 0. The predicted octanol–water partition coefficient (Wildman–Crippen LogP) is 5.00. The molecule has 0 radical (unpaired) electrons. The van der Waals surface area contributed by atoms with E-state index in [2.05, 4.69) is 91.3 Å². The highest BCUT2D eigenvalue weighted by atomic mass is 15.5. The van der Waals surface area contributed by atoms with Crippen LogP contribution in [0.2, 0.25) is 0 Å². The summed E-state index contributed by atoms with van der Waals surface area (Å²) in [5.41, 5.74) is 6.50. The molecule has 1 aliphatic rings. The molecule has 4 rings (SSSR count). The van der Waals surface area contributed by atoms with Gasteiger partial charge in [-0.05, 0) is 42.7 Å². The fourth-order valence-corrected chi connectivity index (χ4v) is 4.07. The largest absolute Gasteiger partial charge is 0.295 e. The van der Waals surface area contributed by atoms with E-state index in [1.165, 1.54) is 33.0 Å². The van der Waals surface area contributed by atoms with Crippen LogP contribution in [0.15, 0.2) is 65.8 Å². The van der Waals surface area contributed by atoms with Gasteiger partial charge in [-0.3, -0.25) is 9.91 Å². The normalized spacial score (nSPS) is 16.0. The number of hydrazone groups is 1. The molecule has 0 aliphatic carbocycles. The summed E-state index contributed by atoms with van der Waals surface area (Å²) in [4.78, 5) is 2.54. The molecule has 144 valence electrons. The summed E-state index contributed by atoms with van der Waals surface area (Å²) in [5, 5.41) is 9.73. The minimum Gasteiger partial charge on any atom is -0.295 e. The van der Waals surface area contributed by atoms with Gasteiger partial charge in [0, 0.05) is 38.3 Å². The second kappa shape index (κ2) is 8.15. The lowest BCUT2D eigenvalue weighted by Gasteiger charge is -2.33. The maximum absolute atomic E-state index is 4.95. The smallest absolute Gasteiger partial charge is 0.0652 e. The molecule has 0 saturated carbocycles. The van der Waals surface area contributed by atoms with E-state index < -0.39 is 0 Å². The van der Waals surface area contributed by atoms with Crippen LogP contribution in [-0.4, -0.2) is 41.8 Å². The van der Waals surface area contributed by atoms with Crippen LogP contribution in [-0.2, 0) is 6.54 Å². The van der Waals surface area contributed by atoms with Gasteiger partial charge in [0.25, 0.3) is 0 Å². The summed E-state index contributed by atoms with van der Waals surface area (Å²) in [5.74, 6) is 0. The van der Waals surface area contributed by atoms with Crippen molar-refractivity contribution in [1.82, 2.24) is 9.91 Å². The maximum atomic E-state index is 4.95. The summed E-state index contributed by atoms with van der Waals surface area (Å²) in [6, 6.07) is 21.8. The number of aryl methyl sites for hydroxylation is 2. The highest BCUT2D eigenvalue weighted by Gasteiger charge is 2.17. The van der Waals surface area contributed by atoms with Crippen molar-refractivity contribution in [1.29, 1.82) is 0 Å². The first kappa shape index (κ1) is 18.7. The summed E-state index contributed by atoms with van der Waals surface area (Å²) >= 11 is 0. The molecule has 0 atom stereocenters. The molecule has 28 heavy (non-hydrogen) atoms. The highest BCUT2D eigenvalue weighted by molar-refractivity contribution is 6.09. The third-order valence-corrected chi connectivity index (χ3v) is 5.71. The van der Waals surface area contributed by atoms with Crippen LogP contribution in [0, 0.1) is 13.8 Å². The van der Waals surface area contributed by atoms with Gasteiger partial charge in [-0.25, -0.2) is 0 Å². The van der Waals surface area contributed by atoms with E-state index in [9.17, 15) is 0 Å². The molecule has 3 heteroatoms. The molecule has 3 aromatic rings. The number of rotatable bonds is 4. The molecule has 0 spiro atoms. The minimum absolute atomic E-state index is 0.979. The van der Waals surface area contributed by atoms with Gasteiger partial charge in [-0.2, -0.15) is 5.10 Å². The Hall–Kier alpha value is -2.65. The first-order valence-electron chi connectivity index (χ1n) is 10.2. The van der Waals surface area contributed by atoms with Gasteiger partial charge < -0.3 is 0 Å². The third-order valence-electron chi connectivity index (χ3n) is 5.71. The van der Waals surface area contributed by atoms with Crippen LogP contribution in [0.25, 0.3) is 10.8 Å². The lowest BCUT2D eigenvalue weighted by molar-refractivity contribution is 0.130. The fraction of sp³-hybridized carbons (Fsp3) is 0.320. The van der Waals surface area contributed by atoms with E-state index in [4.69, 9.17) is 5.10 Å². The number of nitrogens with zero attached hydrogens (tertiary/aromatic N) is 3. The Labute approximate surface area is 168 Å². The molecule has 1 fully saturated rings. The van der Waals surface area contributed by atoms with Crippen molar-refractivity contribution in [2.45, 2.75) is 27.3 Å². The summed E-state index contributed by atoms with van der Waals surface area (Å²) in [6.07, 6.45) is 0. The molecule has 0 unspecified atom stereocenters. The average molecular weight is 372 g/mol. The Morgan fingerprint density at radius 2 is 1.64 bits per heavy atom. The number of hydrogen-bond donors (Lipinski definition) is 0. The van der Waals surface area contributed by atoms with Gasteiger partial charge in [0.1, 0.15) is 0 Å². The van der Waals surface area contributed by atoms with E-state index in [0.29, 0.717) is 0 Å². The second-order valence-electron chi connectivity index (χ2n) is 7.87. The second-order valence-corrected chi connectivity index (χ2v) is 7.87. The van der Waals surface area contributed by atoms with Crippen molar-refractivity contribution in [2.75, 3.05) is 26.2 Å². The number of hydrogen-bond acceptors (Lipinski definition) is 3. The predicted molar refractivity (Wildman–Crippen MR) is 119 cm³/mol. The Balaban J connectivity index is 1.42. The van der Waals surface area contributed by atoms with Gasteiger partial charge in [0.05, 0.1) is 5.71 Å². The minimum atomic E-state index is 0.979. The Kier molecular flexibility index (Phi) is 5.45. The molecule has 0 aromatic heterocycles. The van der Waals surface area contributed by atoms with E-state index in [-0.39, 0.29) is 0 Å². The van der Waals surface area contributed by atoms with Crippen molar-refractivity contribution >= 4 is 16.5 Å². The van der Waals surface area contributed by atoms with Crippen LogP contribution < -0.4 is 0 Å². The maximum Gasteiger partial charge on any atom is 0.0652 e. The zero-order valence-corrected chi connectivity index (χ0v) is 17.2. The molecule has 1 saturated heterocycles. The van der Waals surface area contributed by atoms with Gasteiger partial charge in [0.2, 0.25) is 0 Å². The zero-order valence-electron chi connectivity index (χ0n) is 17.2. The van der Waals surface area contributed by atoms with E-state index in [1.807, 2.05) is 0 Å². The van der Waals surface area contributed by atoms with Gasteiger partial charge in [-0.15, -0.1) is 0 Å². The van der Waals surface area contributed by atoms with Crippen molar-refractivity contribution in [3.8, 4) is 0 Å². The van der Waals surface area contributed by atoms with Crippen LogP contribution in [0.4, 0.5) is 0 Å². The van der Waals surface area contributed by atoms with Crippen LogP contribution in [0.5, 0.6) is 0 Å². The Bertz CT molecular complexity index is 992. The monoisotopic (exact) mass is 371 g/mol. The standard InChI is InChI=1S/C25H29N3/c1-19-11-12-23(20(2)17-19)18-27-13-15-28(16-14-27)26-21(3)24-10-6-8-22-7-4-5-9-25(22)24/h4-12,17H,13-16,18H2,1-3H3. The van der Waals surface area contributed by atoms with Crippen molar-refractivity contribution in [3.05, 3.63) is 82.9 Å².